The first-order valence-corrected chi connectivity index (χ1v) is 9.23. The Hall–Kier alpha value is -2.86. The highest BCUT2D eigenvalue weighted by Gasteiger charge is 2.29. The molecule has 2 aromatic carbocycles. The van der Waals surface area contributed by atoms with E-state index in [0.717, 1.165) is 18.2 Å². The Labute approximate surface area is 157 Å². The lowest BCUT2D eigenvalue weighted by Crippen LogP contribution is -2.19. The number of nitro groups is 1. The van der Waals surface area contributed by atoms with E-state index in [4.69, 9.17) is 9.88 Å². The van der Waals surface area contributed by atoms with Crippen LogP contribution in [0.4, 0.5) is 18.9 Å². The molecule has 28 heavy (non-hydrogen) atoms. The number of ether oxygens (including phenoxy) is 2. The second-order valence-electron chi connectivity index (χ2n) is 5.54. The first-order valence-electron chi connectivity index (χ1n) is 7.69. The molecule has 2 rings (SSSR count). The number of rotatable bonds is 8. The van der Waals surface area contributed by atoms with E-state index < -0.39 is 27.7 Å². The van der Waals surface area contributed by atoms with Crippen molar-refractivity contribution in [2.24, 2.45) is 5.14 Å². The van der Waals surface area contributed by atoms with E-state index in [-0.39, 0.29) is 40.7 Å². The lowest BCUT2D eigenvalue weighted by molar-refractivity contribution is -0.385. The van der Waals surface area contributed by atoms with Crippen molar-refractivity contribution in [1.29, 1.82) is 0 Å². The van der Waals surface area contributed by atoms with Gasteiger partial charge in [-0.05, 0) is 23.8 Å². The van der Waals surface area contributed by atoms with E-state index in [2.05, 4.69) is 4.74 Å². The third kappa shape index (κ3) is 6.09. The van der Waals surface area contributed by atoms with Gasteiger partial charge in [-0.3, -0.25) is 10.1 Å². The highest BCUT2D eigenvalue weighted by atomic mass is 32.2. The minimum absolute atomic E-state index is 0.00864. The number of para-hydroxylation sites is 2. The zero-order chi connectivity index (χ0) is 20.9. The van der Waals surface area contributed by atoms with Crippen LogP contribution in [0.5, 0.6) is 11.5 Å². The summed E-state index contributed by atoms with van der Waals surface area (Å²) in [6.07, 6.45) is -4.62. The largest absolute Gasteiger partial charge is 0.489 e. The lowest BCUT2D eigenvalue weighted by Gasteiger charge is -2.14. The van der Waals surface area contributed by atoms with Crippen LogP contribution in [0.3, 0.4) is 0 Å². The molecule has 0 atom stereocenters. The molecule has 0 fully saturated rings. The van der Waals surface area contributed by atoms with Gasteiger partial charge < -0.3 is 9.47 Å². The van der Waals surface area contributed by atoms with E-state index in [0.29, 0.717) is 0 Å². The van der Waals surface area contributed by atoms with E-state index in [1.807, 2.05) is 0 Å². The van der Waals surface area contributed by atoms with Crippen molar-refractivity contribution in [1.82, 2.24) is 0 Å². The molecule has 0 heterocycles. The fourth-order valence-electron chi connectivity index (χ4n) is 2.27. The van der Waals surface area contributed by atoms with E-state index >= 15 is 0 Å². The number of sulfonamides is 1. The molecule has 0 saturated carbocycles. The molecule has 0 aliphatic rings. The third-order valence-electron chi connectivity index (χ3n) is 3.43. The van der Waals surface area contributed by atoms with Gasteiger partial charge in [0.2, 0.25) is 10.0 Å². The van der Waals surface area contributed by atoms with Crippen LogP contribution >= 0.6 is 0 Å². The quantitative estimate of drug-likeness (QED) is 0.518. The normalized spacial score (nSPS) is 11.9. The molecule has 2 aromatic rings. The molecule has 0 amide bonds. The van der Waals surface area contributed by atoms with Crippen LogP contribution in [0.1, 0.15) is 5.56 Å². The van der Waals surface area contributed by atoms with Gasteiger partial charge in [-0.25, -0.2) is 13.6 Å². The molecule has 0 saturated heterocycles. The summed E-state index contributed by atoms with van der Waals surface area (Å²) in [6, 6.07) is 8.70. The van der Waals surface area contributed by atoms with Gasteiger partial charge >= 0.3 is 6.18 Å². The summed E-state index contributed by atoms with van der Waals surface area (Å²) in [5.41, 5.74) is -0.290. The van der Waals surface area contributed by atoms with Crippen LogP contribution in [0.2, 0.25) is 0 Å². The summed E-state index contributed by atoms with van der Waals surface area (Å²) in [5.74, 6) is -0.139. The van der Waals surface area contributed by atoms with Gasteiger partial charge in [-0.2, -0.15) is 13.2 Å². The zero-order valence-electron chi connectivity index (χ0n) is 14.2. The maximum Gasteiger partial charge on any atom is 0.422 e. The summed E-state index contributed by atoms with van der Waals surface area (Å²) in [6.45, 7) is -1.69. The number of nitro benzene ring substituents is 1. The molecule has 0 radical (unpaired) electrons. The fraction of sp³-hybridized carbons (Fsp3) is 0.250. The molecule has 12 heteroatoms. The second kappa shape index (κ2) is 8.44. The van der Waals surface area contributed by atoms with Gasteiger partial charge in [0.25, 0.3) is 5.69 Å². The van der Waals surface area contributed by atoms with Gasteiger partial charge in [0.15, 0.2) is 18.1 Å². The number of nitrogens with zero attached hydrogens (tertiary/aromatic N) is 1. The monoisotopic (exact) mass is 420 g/mol. The summed E-state index contributed by atoms with van der Waals surface area (Å²) >= 11 is 0. The molecule has 0 aromatic heterocycles. The van der Waals surface area contributed by atoms with Crippen LogP contribution < -0.4 is 14.6 Å². The SMILES string of the molecule is NS(=O)(=O)c1ccc([N+](=O)[O-])cc1CCOc1ccccc1OCC(F)(F)F. The Balaban J connectivity index is 2.15. The predicted molar refractivity (Wildman–Crippen MR) is 91.7 cm³/mol. The molecule has 0 aliphatic heterocycles. The number of nitrogens with two attached hydrogens (primary N) is 1. The first kappa shape index (κ1) is 21.4. The Morgan fingerprint density at radius 1 is 1.07 bits per heavy atom. The van der Waals surface area contributed by atoms with Crippen molar-refractivity contribution in [2.75, 3.05) is 13.2 Å². The van der Waals surface area contributed by atoms with Crippen molar-refractivity contribution < 1.29 is 36.0 Å². The Morgan fingerprint density at radius 3 is 2.21 bits per heavy atom. The summed E-state index contributed by atoms with van der Waals surface area (Å²) < 4.78 is 70.3. The van der Waals surface area contributed by atoms with Crippen molar-refractivity contribution in [3.05, 3.63) is 58.1 Å². The summed E-state index contributed by atoms with van der Waals surface area (Å²) in [4.78, 5) is 9.89. The third-order valence-corrected chi connectivity index (χ3v) is 4.44. The van der Waals surface area contributed by atoms with Crippen LogP contribution in [-0.4, -0.2) is 32.7 Å². The zero-order valence-corrected chi connectivity index (χ0v) is 15.0. The minimum atomic E-state index is -4.53. The number of primary sulfonamides is 1. The number of alkyl halides is 3. The smallest absolute Gasteiger partial charge is 0.422 e. The van der Waals surface area contributed by atoms with Gasteiger partial charge in [-0.1, -0.05) is 12.1 Å². The fourth-order valence-corrected chi connectivity index (χ4v) is 3.06. The summed E-state index contributed by atoms with van der Waals surface area (Å²) in [5, 5.41) is 16.0. The molecular formula is C16H15F3N2O6S. The molecule has 0 bridgehead atoms. The molecule has 0 spiro atoms. The molecule has 2 N–H and O–H groups in total. The van der Waals surface area contributed by atoms with Crippen LogP contribution in [-0.2, 0) is 16.4 Å². The number of halogens is 3. The van der Waals surface area contributed by atoms with E-state index in [9.17, 15) is 31.7 Å². The topological polar surface area (TPSA) is 122 Å². The van der Waals surface area contributed by atoms with Crippen LogP contribution in [0.15, 0.2) is 47.4 Å². The molecule has 8 nitrogen and oxygen atoms in total. The second-order valence-corrected chi connectivity index (χ2v) is 7.07. The van der Waals surface area contributed by atoms with Gasteiger partial charge in [0.1, 0.15) is 0 Å². The van der Waals surface area contributed by atoms with Gasteiger partial charge in [-0.15, -0.1) is 0 Å². The molecule has 0 unspecified atom stereocenters. The van der Waals surface area contributed by atoms with Crippen molar-refractivity contribution in [3.63, 3.8) is 0 Å². The predicted octanol–water partition coefficient (Wildman–Crippen LogP) is 2.80. The number of non-ortho nitro benzene ring substituents is 1. The number of hydrogen-bond donors (Lipinski definition) is 1. The number of hydrogen-bond acceptors (Lipinski definition) is 6. The average molecular weight is 420 g/mol. The van der Waals surface area contributed by atoms with E-state index in [1.54, 1.807) is 0 Å². The Morgan fingerprint density at radius 2 is 1.68 bits per heavy atom. The maximum atomic E-state index is 12.3. The summed E-state index contributed by atoms with van der Waals surface area (Å²) in [7, 11) is -4.13. The lowest BCUT2D eigenvalue weighted by atomic mass is 10.1. The molecule has 152 valence electrons. The molecule has 0 aliphatic carbocycles. The van der Waals surface area contributed by atoms with Crippen molar-refractivity contribution in [3.8, 4) is 11.5 Å². The molecular weight excluding hydrogens is 405 g/mol. The maximum absolute atomic E-state index is 12.3. The van der Waals surface area contributed by atoms with Gasteiger partial charge in [0, 0.05) is 18.6 Å². The first-order chi connectivity index (χ1) is 13.0. The Kier molecular flexibility index (Phi) is 6.46. The standard InChI is InChI=1S/C16H15F3N2O6S/c17-16(18,19)10-27-14-4-2-1-3-13(14)26-8-7-11-9-12(21(22)23)5-6-15(11)28(20,24)25/h1-6,9H,7-8,10H2,(H2,20,24,25). The van der Waals surface area contributed by atoms with Crippen molar-refractivity contribution in [2.45, 2.75) is 17.5 Å². The van der Waals surface area contributed by atoms with Crippen LogP contribution in [0, 0.1) is 10.1 Å². The Bertz CT molecular complexity index is 963. The van der Waals surface area contributed by atoms with E-state index in [1.165, 1.54) is 24.3 Å². The minimum Gasteiger partial charge on any atom is -0.489 e. The van der Waals surface area contributed by atoms with Crippen molar-refractivity contribution >= 4 is 15.7 Å². The highest BCUT2D eigenvalue weighted by molar-refractivity contribution is 7.89. The van der Waals surface area contributed by atoms with Gasteiger partial charge in [0.05, 0.1) is 16.4 Å². The highest BCUT2D eigenvalue weighted by Crippen LogP contribution is 2.29. The van der Waals surface area contributed by atoms with Crippen LogP contribution in [0.25, 0.3) is 0 Å². The average Bonchev–Trinajstić information content (AvgIpc) is 2.59. The number of benzene rings is 2.